The van der Waals surface area contributed by atoms with Crippen LogP contribution in [0, 0.1) is 0 Å². The zero-order valence-corrected chi connectivity index (χ0v) is 17.3. The number of cyclic esters (lactones) is 4. The summed E-state index contributed by atoms with van der Waals surface area (Å²) < 4.78 is 135. The van der Waals surface area contributed by atoms with E-state index in [1.54, 1.807) is 0 Å². The second kappa shape index (κ2) is 7.77. The van der Waals surface area contributed by atoms with E-state index in [1.165, 1.54) is 0 Å². The Balaban J connectivity index is 2.15. The summed E-state index contributed by atoms with van der Waals surface area (Å²) in [6.45, 7) is 0. The van der Waals surface area contributed by atoms with Gasteiger partial charge in [-0.15, -0.1) is 0 Å². The normalized spacial score (nSPS) is 16.9. The monoisotopic (exact) mass is 542 g/mol. The molecule has 1 N–H and O–H groups in total. The van der Waals surface area contributed by atoms with E-state index in [0.29, 0.717) is 6.07 Å². The number of hydrogen-bond acceptors (Lipinski definition) is 7. The first-order chi connectivity index (χ1) is 16.8. The van der Waals surface area contributed by atoms with Gasteiger partial charge in [-0.2, -0.15) is 39.5 Å². The van der Waals surface area contributed by atoms with E-state index in [9.17, 15) is 63.8 Å². The number of alkyl halides is 9. The standard InChI is InChI=1S/C21H7F9O7/c22-19(23,24)13(31)10-4-7(5-11-12(10)17(35)37-16(11)34)18(20(25,26)27,21(28,29)30)6-1-2-8-9(3-6)15(33)36-14(8)32/h1-5,13,31H. The molecular weight excluding hydrogens is 535 g/mol. The van der Waals surface area contributed by atoms with Crippen molar-refractivity contribution in [2.75, 3.05) is 0 Å². The van der Waals surface area contributed by atoms with Crippen LogP contribution in [-0.2, 0) is 14.9 Å². The molecule has 0 bridgehead atoms. The second-order valence-electron chi connectivity index (χ2n) is 7.79. The quantitative estimate of drug-likeness (QED) is 0.350. The molecule has 2 heterocycles. The van der Waals surface area contributed by atoms with Crippen molar-refractivity contribution >= 4 is 23.9 Å². The number of fused-ring (bicyclic) bond motifs is 2. The van der Waals surface area contributed by atoms with Gasteiger partial charge in [0.2, 0.25) is 5.41 Å². The third kappa shape index (κ3) is 3.65. The zero-order valence-electron chi connectivity index (χ0n) is 17.3. The number of benzene rings is 2. The molecule has 1 unspecified atom stereocenters. The number of carbonyl (C=O) groups excluding carboxylic acids is 4. The summed E-state index contributed by atoms with van der Waals surface area (Å²) in [5, 5.41) is 9.68. The summed E-state index contributed by atoms with van der Waals surface area (Å²) in [5.41, 5.74) is -15.3. The Morgan fingerprint density at radius 1 is 0.622 bits per heavy atom. The first kappa shape index (κ1) is 26.1. The summed E-state index contributed by atoms with van der Waals surface area (Å²) in [6, 6.07) is 0.0957. The molecule has 0 saturated heterocycles. The SMILES string of the molecule is O=C1OC(=O)c2cc(C(c3cc4c(c(C(O)C(F)(F)F)c3)C(=O)OC4=O)(C(F)(F)F)C(F)(F)F)ccc21. The van der Waals surface area contributed by atoms with E-state index >= 15 is 0 Å². The lowest BCUT2D eigenvalue weighted by molar-refractivity contribution is -0.288. The Hall–Kier alpha value is -3.95. The molecule has 196 valence electrons. The maximum atomic E-state index is 14.5. The number of rotatable bonds is 3. The van der Waals surface area contributed by atoms with Crippen LogP contribution in [-0.4, -0.2) is 47.5 Å². The highest BCUT2D eigenvalue weighted by Gasteiger charge is 2.73. The maximum Gasteiger partial charge on any atom is 0.418 e. The fraction of sp³-hybridized carbons (Fsp3) is 0.238. The number of esters is 4. The molecular formula is C21H7F9O7. The van der Waals surface area contributed by atoms with Crippen LogP contribution in [0.3, 0.4) is 0 Å². The Kier molecular flexibility index (Phi) is 5.49. The third-order valence-corrected chi connectivity index (χ3v) is 5.74. The minimum atomic E-state index is -6.42. The van der Waals surface area contributed by atoms with Gasteiger partial charge in [-0.1, -0.05) is 12.1 Å². The van der Waals surface area contributed by atoms with Crippen molar-refractivity contribution in [2.45, 2.75) is 30.0 Å². The van der Waals surface area contributed by atoms with Crippen molar-refractivity contribution in [2.24, 2.45) is 0 Å². The molecule has 0 saturated carbocycles. The van der Waals surface area contributed by atoms with Crippen LogP contribution >= 0.6 is 0 Å². The van der Waals surface area contributed by atoms with E-state index < -0.39 is 92.9 Å². The molecule has 0 amide bonds. The predicted molar refractivity (Wildman–Crippen MR) is 96.3 cm³/mol. The number of aliphatic hydroxyl groups is 1. The molecule has 0 aliphatic carbocycles. The van der Waals surface area contributed by atoms with E-state index in [4.69, 9.17) is 0 Å². The second-order valence-corrected chi connectivity index (χ2v) is 7.79. The van der Waals surface area contributed by atoms with Crippen LogP contribution in [0.5, 0.6) is 0 Å². The fourth-order valence-corrected chi connectivity index (χ4v) is 4.15. The maximum absolute atomic E-state index is 14.5. The van der Waals surface area contributed by atoms with Crippen LogP contribution in [0.2, 0.25) is 0 Å². The summed E-state index contributed by atoms with van der Waals surface area (Å²) in [6.07, 6.45) is -22.3. The van der Waals surface area contributed by atoms with Crippen molar-refractivity contribution < 1.29 is 73.3 Å². The molecule has 2 aliphatic heterocycles. The number of hydrogen-bond donors (Lipinski definition) is 1. The first-order valence-electron chi connectivity index (χ1n) is 9.56. The van der Waals surface area contributed by atoms with Crippen LogP contribution in [0.4, 0.5) is 39.5 Å². The smallest absolute Gasteiger partial charge is 0.386 e. The van der Waals surface area contributed by atoms with Crippen molar-refractivity contribution in [3.63, 3.8) is 0 Å². The molecule has 37 heavy (non-hydrogen) atoms. The van der Waals surface area contributed by atoms with Gasteiger partial charge in [-0.3, -0.25) is 0 Å². The minimum absolute atomic E-state index is 0.0279. The number of halogens is 9. The van der Waals surface area contributed by atoms with Gasteiger partial charge < -0.3 is 14.6 Å². The minimum Gasteiger partial charge on any atom is -0.386 e. The first-order valence-corrected chi connectivity index (χ1v) is 9.56. The van der Waals surface area contributed by atoms with Crippen molar-refractivity contribution in [1.29, 1.82) is 0 Å². The van der Waals surface area contributed by atoms with Crippen molar-refractivity contribution in [3.8, 4) is 0 Å². The molecule has 16 heteroatoms. The van der Waals surface area contributed by atoms with Gasteiger partial charge in [0.25, 0.3) is 0 Å². The van der Waals surface area contributed by atoms with Crippen LogP contribution in [0.1, 0.15) is 64.2 Å². The van der Waals surface area contributed by atoms with Crippen LogP contribution < -0.4 is 0 Å². The summed E-state index contributed by atoms with van der Waals surface area (Å²) in [7, 11) is 0. The lowest BCUT2D eigenvalue weighted by Crippen LogP contribution is -2.55. The van der Waals surface area contributed by atoms with Crippen LogP contribution in [0.25, 0.3) is 0 Å². The topological polar surface area (TPSA) is 107 Å². The molecule has 0 fully saturated rings. The highest BCUT2D eigenvalue weighted by Crippen LogP contribution is 2.57. The van der Waals surface area contributed by atoms with Crippen LogP contribution in [0.15, 0.2) is 30.3 Å². The van der Waals surface area contributed by atoms with Gasteiger partial charge in [-0.25, -0.2) is 19.2 Å². The Morgan fingerprint density at radius 3 is 1.65 bits per heavy atom. The van der Waals surface area contributed by atoms with E-state index in [2.05, 4.69) is 9.47 Å². The van der Waals surface area contributed by atoms with Crippen molar-refractivity contribution in [3.05, 3.63) is 69.3 Å². The zero-order chi connectivity index (χ0) is 27.9. The van der Waals surface area contributed by atoms with Gasteiger partial charge in [0.05, 0.1) is 22.3 Å². The van der Waals surface area contributed by atoms with E-state index in [1.807, 2.05) is 0 Å². The third-order valence-electron chi connectivity index (χ3n) is 5.74. The number of carbonyl (C=O) groups is 4. The van der Waals surface area contributed by atoms with Gasteiger partial charge in [0, 0.05) is 5.56 Å². The average Bonchev–Trinajstić information content (AvgIpc) is 3.19. The molecule has 2 aliphatic rings. The van der Waals surface area contributed by atoms with Gasteiger partial charge in [-0.05, 0) is 29.3 Å². The van der Waals surface area contributed by atoms with Gasteiger partial charge in [0.15, 0.2) is 6.10 Å². The summed E-state index contributed by atoms with van der Waals surface area (Å²) >= 11 is 0. The molecule has 0 radical (unpaired) electrons. The molecule has 1 atom stereocenters. The van der Waals surface area contributed by atoms with Gasteiger partial charge in [0.1, 0.15) is 0 Å². The van der Waals surface area contributed by atoms with Gasteiger partial charge >= 0.3 is 42.4 Å². The molecule has 2 aromatic rings. The molecule has 4 rings (SSSR count). The van der Waals surface area contributed by atoms with E-state index in [-0.39, 0.29) is 24.3 Å². The lowest BCUT2D eigenvalue weighted by Gasteiger charge is -2.39. The lowest BCUT2D eigenvalue weighted by atomic mass is 9.71. The predicted octanol–water partition coefficient (Wildman–Crippen LogP) is 4.31. The van der Waals surface area contributed by atoms with E-state index in [0.717, 1.165) is 0 Å². The van der Waals surface area contributed by atoms with Crippen molar-refractivity contribution in [1.82, 2.24) is 0 Å². The number of aliphatic hydroxyl groups excluding tert-OH is 1. The fourth-order valence-electron chi connectivity index (χ4n) is 4.15. The number of ether oxygens (including phenoxy) is 2. The Morgan fingerprint density at radius 2 is 1.11 bits per heavy atom. The summed E-state index contributed by atoms with van der Waals surface area (Å²) in [4.78, 5) is 47.3. The Labute approximate surface area is 197 Å². The molecule has 0 spiro atoms. The molecule has 0 aromatic heterocycles. The highest BCUT2D eigenvalue weighted by atomic mass is 19.4. The molecule has 2 aromatic carbocycles. The Bertz CT molecular complexity index is 1370. The average molecular weight is 542 g/mol. The summed E-state index contributed by atoms with van der Waals surface area (Å²) in [5.74, 6) is -6.66. The highest BCUT2D eigenvalue weighted by molar-refractivity contribution is 6.16. The molecule has 7 nitrogen and oxygen atoms in total. The largest absolute Gasteiger partial charge is 0.418 e.